The van der Waals surface area contributed by atoms with Crippen LogP contribution in [-0.4, -0.2) is 181 Å². The Hall–Kier alpha value is -1.17. The Kier molecular flexibility index (Phi) is 12.6. The summed E-state index contributed by atoms with van der Waals surface area (Å²) < 4.78 is 50.3. The van der Waals surface area contributed by atoms with Crippen LogP contribution in [0.15, 0.2) is 0 Å². The first-order chi connectivity index (χ1) is 30.3. The van der Waals surface area contributed by atoms with Crippen LogP contribution in [0.4, 0.5) is 0 Å². The second kappa shape index (κ2) is 16.7. The zero-order valence-electron chi connectivity index (χ0n) is 39.1. The molecule has 9 rings (SSSR count). The minimum Gasteiger partial charge on any atom is -0.457 e. The van der Waals surface area contributed by atoms with Crippen LogP contribution in [0.2, 0.25) is 0 Å². The lowest BCUT2D eigenvalue weighted by Crippen LogP contribution is -2.65. The zero-order chi connectivity index (χ0) is 47.1. The fraction of sp³-hybridized carbons (Fsp3) is 0.979. The van der Waals surface area contributed by atoms with Crippen molar-refractivity contribution in [1.82, 2.24) is 0 Å². The number of esters is 1. The van der Waals surface area contributed by atoms with E-state index in [0.717, 1.165) is 32.1 Å². The second-order valence-electron chi connectivity index (χ2n) is 23.3. The zero-order valence-corrected chi connectivity index (χ0v) is 39.1. The molecular weight excluding hydrogens is 852 g/mol. The SMILES string of the molecule is CC(=O)O[C@@H]1[C@@H](O[C@@H]2O[C@@H](C)[C@H](O)[C@@H](O)[C@H]2O)[C@H](O[C@H]2CC[C@]34C[C@]35CC[C@@]3(C)[C@@H](C[C@H](O)[C@@H]3[C@@]3(C)CC[C@@H](C(C)(C)O)O3)[C@@H]5C[C@H](O[C@@H]3OC[C@@H](O)[C@H](O)[C@H]3O)[C@H]4C2(C)C)OC[C@H]1O. The number of fused-ring (bicyclic) bond motifs is 2. The third-order valence-corrected chi connectivity index (χ3v) is 18.8. The van der Waals surface area contributed by atoms with Crippen molar-refractivity contribution in [2.45, 2.75) is 229 Å². The molecule has 0 bridgehead atoms. The van der Waals surface area contributed by atoms with Crippen molar-refractivity contribution >= 4 is 5.97 Å². The topological polar surface area (TPSA) is 273 Å². The first-order valence-electron chi connectivity index (χ1n) is 24.2. The average molecular weight is 929 g/mol. The fourth-order valence-electron chi connectivity index (χ4n) is 15.9. The number of hydrogen-bond acceptors (Lipinski definition) is 18. The van der Waals surface area contributed by atoms with E-state index in [1.54, 1.807) is 13.8 Å². The van der Waals surface area contributed by atoms with E-state index in [0.29, 0.717) is 25.7 Å². The molecule has 9 fully saturated rings. The molecule has 25 atom stereocenters. The van der Waals surface area contributed by atoms with Gasteiger partial charge in [0.1, 0.15) is 42.7 Å². The van der Waals surface area contributed by atoms with Crippen LogP contribution in [-0.2, 0) is 42.7 Å². The molecule has 5 saturated carbocycles. The molecule has 9 aliphatic rings. The van der Waals surface area contributed by atoms with Crippen LogP contribution in [0.5, 0.6) is 0 Å². The van der Waals surface area contributed by atoms with Gasteiger partial charge in [-0.3, -0.25) is 4.79 Å². The van der Waals surface area contributed by atoms with E-state index in [4.69, 9.17) is 37.9 Å². The van der Waals surface area contributed by atoms with Crippen molar-refractivity contribution in [1.29, 1.82) is 0 Å². The summed E-state index contributed by atoms with van der Waals surface area (Å²) >= 11 is 0. The summed E-state index contributed by atoms with van der Waals surface area (Å²) in [5, 5.41) is 98.6. The average Bonchev–Trinajstić information content (AvgIpc) is 3.54. The van der Waals surface area contributed by atoms with E-state index >= 15 is 0 Å². The highest BCUT2D eigenvalue weighted by molar-refractivity contribution is 5.66. The molecule has 0 aromatic rings. The summed E-state index contributed by atoms with van der Waals surface area (Å²) in [7, 11) is 0. The minimum atomic E-state index is -1.70. The van der Waals surface area contributed by atoms with Gasteiger partial charge in [-0.25, -0.2) is 0 Å². The van der Waals surface area contributed by atoms with E-state index in [1.807, 2.05) is 0 Å². The summed E-state index contributed by atoms with van der Waals surface area (Å²) in [5.41, 5.74) is -2.95. The number of hydrogen-bond donors (Lipinski definition) is 9. The Labute approximate surface area is 381 Å². The van der Waals surface area contributed by atoms with Gasteiger partial charge in [0.05, 0.1) is 54.9 Å². The van der Waals surface area contributed by atoms with E-state index in [9.17, 15) is 50.8 Å². The van der Waals surface area contributed by atoms with Gasteiger partial charge in [-0.05, 0) is 125 Å². The molecule has 0 radical (unpaired) electrons. The highest BCUT2D eigenvalue weighted by Crippen LogP contribution is 2.87. The molecule has 4 heterocycles. The van der Waals surface area contributed by atoms with Gasteiger partial charge < -0.3 is 83.9 Å². The van der Waals surface area contributed by atoms with Gasteiger partial charge in [-0.15, -0.1) is 0 Å². The Morgan fingerprint density at radius 2 is 1.34 bits per heavy atom. The summed E-state index contributed by atoms with van der Waals surface area (Å²) in [5.74, 6) is -0.813. The van der Waals surface area contributed by atoms with Crippen LogP contribution < -0.4 is 0 Å². The number of ether oxygens (including phenoxy) is 8. The largest absolute Gasteiger partial charge is 0.457 e. The van der Waals surface area contributed by atoms with Crippen molar-refractivity contribution in [3.05, 3.63) is 0 Å². The first kappa shape index (κ1) is 48.8. The van der Waals surface area contributed by atoms with Crippen LogP contribution in [0.3, 0.4) is 0 Å². The molecule has 9 N–H and O–H groups in total. The highest BCUT2D eigenvalue weighted by atomic mass is 16.8. The van der Waals surface area contributed by atoms with Crippen molar-refractivity contribution < 1.29 is 88.6 Å². The molecular formula is C47H76O18. The molecule has 5 aliphatic carbocycles. The highest BCUT2D eigenvalue weighted by Gasteiger charge is 2.83. The Morgan fingerprint density at radius 1 is 0.662 bits per heavy atom. The van der Waals surface area contributed by atoms with Crippen LogP contribution in [0, 0.1) is 45.3 Å². The van der Waals surface area contributed by atoms with Crippen molar-refractivity contribution in [3.8, 4) is 0 Å². The predicted molar refractivity (Wildman–Crippen MR) is 224 cm³/mol. The van der Waals surface area contributed by atoms with E-state index in [1.165, 1.54) is 13.8 Å². The fourth-order valence-corrected chi connectivity index (χ4v) is 15.9. The third kappa shape index (κ3) is 7.69. The molecule has 372 valence electrons. The lowest BCUT2D eigenvalue weighted by atomic mass is 9.45. The van der Waals surface area contributed by atoms with Crippen LogP contribution >= 0.6 is 0 Å². The monoisotopic (exact) mass is 929 g/mol. The first-order valence-corrected chi connectivity index (χ1v) is 24.2. The molecule has 4 aliphatic heterocycles. The molecule has 4 saturated heterocycles. The lowest BCUT2D eigenvalue weighted by molar-refractivity contribution is -0.366. The van der Waals surface area contributed by atoms with Crippen molar-refractivity contribution in [3.63, 3.8) is 0 Å². The maximum Gasteiger partial charge on any atom is 0.303 e. The van der Waals surface area contributed by atoms with Gasteiger partial charge in [-0.1, -0.05) is 20.8 Å². The summed E-state index contributed by atoms with van der Waals surface area (Å²) in [6.45, 7) is 14.4. The van der Waals surface area contributed by atoms with Crippen LogP contribution in [0.25, 0.3) is 0 Å². The second-order valence-corrected chi connectivity index (χ2v) is 23.3. The van der Waals surface area contributed by atoms with Gasteiger partial charge >= 0.3 is 5.97 Å². The van der Waals surface area contributed by atoms with E-state index in [2.05, 4.69) is 27.7 Å². The molecule has 0 unspecified atom stereocenters. The lowest BCUT2D eigenvalue weighted by Gasteiger charge is -2.62. The van der Waals surface area contributed by atoms with Gasteiger partial charge in [0.25, 0.3) is 0 Å². The Morgan fingerprint density at radius 3 is 2.02 bits per heavy atom. The van der Waals surface area contributed by atoms with Gasteiger partial charge in [0, 0.05) is 12.8 Å². The van der Waals surface area contributed by atoms with Crippen LogP contribution in [0.1, 0.15) is 113 Å². The van der Waals surface area contributed by atoms with Gasteiger partial charge in [0.15, 0.2) is 31.1 Å². The normalized spacial score (nSPS) is 56.2. The maximum absolute atomic E-state index is 12.4. The van der Waals surface area contributed by atoms with Crippen molar-refractivity contribution in [2.75, 3.05) is 13.2 Å². The molecule has 2 spiro atoms. The van der Waals surface area contributed by atoms with E-state index < -0.39 is 121 Å². The standard InChI is InChI=1S/C47H76O18/c1-20-30(52)32(54)34(56)40(60-20)64-36-35(61-21(2)48)26(51)18-59-41(36)63-28-10-12-47-19-46(47)14-13-44(7)22(15-24(49)37(44)45(8)11-9-29(65-45)43(5,6)57)23(46)16-27(38(47)42(28,3)4)62-39-33(55)31(53)25(50)17-58-39/h20,22-41,49-57H,9-19H2,1-8H3/t20-,22-,23-,24-,25+,26+,27-,28-,29-,30-,31-,32+,33+,34+,35-,36+,37-,38-,39-,40-,41-,44-,45+,46-,47+/m0/s1. The minimum absolute atomic E-state index is 0.0819. The van der Waals surface area contributed by atoms with Gasteiger partial charge in [-0.2, -0.15) is 0 Å². The predicted octanol–water partition coefficient (Wildman–Crippen LogP) is 0.396. The molecule has 18 heteroatoms. The number of carbonyl (C=O) groups is 1. The maximum atomic E-state index is 12.4. The number of carbonyl (C=O) groups excluding carboxylic acids is 1. The summed E-state index contributed by atoms with van der Waals surface area (Å²) in [4.78, 5) is 12.4. The number of rotatable bonds is 9. The third-order valence-electron chi connectivity index (χ3n) is 18.8. The Bertz CT molecular complexity index is 1760. The number of aliphatic hydroxyl groups excluding tert-OH is 8. The Balaban J connectivity index is 1.03. The number of aliphatic hydroxyl groups is 9. The molecule has 65 heavy (non-hydrogen) atoms. The molecule has 18 nitrogen and oxygen atoms in total. The molecule has 0 aromatic carbocycles. The summed E-state index contributed by atoms with van der Waals surface area (Å²) in [6.07, 6.45) is -13.3. The smallest absolute Gasteiger partial charge is 0.303 e. The summed E-state index contributed by atoms with van der Waals surface area (Å²) in [6, 6.07) is 0. The molecule has 0 aromatic heterocycles. The molecule has 0 amide bonds. The quantitative estimate of drug-likeness (QED) is 0.112. The van der Waals surface area contributed by atoms with Crippen molar-refractivity contribution in [2.24, 2.45) is 45.3 Å². The van der Waals surface area contributed by atoms with E-state index in [-0.39, 0.29) is 59.2 Å². The van der Waals surface area contributed by atoms with Gasteiger partial charge in [0.2, 0.25) is 0 Å².